The van der Waals surface area contributed by atoms with Gasteiger partial charge >= 0.3 is 0 Å². The molecule has 0 radical (unpaired) electrons. The summed E-state index contributed by atoms with van der Waals surface area (Å²) in [6, 6.07) is 4.26. The molecule has 196 valence electrons. The molecule has 0 saturated carbocycles. The fraction of sp³-hybridized carbons (Fsp3) is 0.565. The number of ether oxygens (including phenoxy) is 1. The highest BCUT2D eigenvalue weighted by Crippen LogP contribution is 2.37. The minimum Gasteiger partial charge on any atom is -0.415 e. The number of nitrogens with one attached hydrogen (secondary N) is 1. The van der Waals surface area contributed by atoms with Crippen molar-refractivity contribution < 1.29 is 27.3 Å². The van der Waals surface area contributed by atoms with Gasteiger partial charge in [-0.2, -0.15) is 0 Å². The van der Waals surface area contributed by atoms with Crippen LogP contribution in [0.2, 0.25) is 18.1 Å². The van der Waals surface area contributed by atoms with Crippen molar-refractivity contribution in [2.75, 3.05) is 33.5 Å². The maximum atomic E-state index is 13.6. The van der Waals surface area contributed by atoms with Crippen LogP contribution in [0.4, 0.5) is 5.69 Å². The molecule has 0 spiro atoms. The number of rotatable bonds is 12. The van der Waals surface area contributed by atoms with Gasteiger partial charge in [0.1, 0.15) is 0 Å². The Hall–Kier alpha value is -1.93. The van der Waals surface area contributed by atoms with Gasteiger partial charge in [-0.3, -0.25) is 15.0 Å². The van der Waals surface area contributed by atoms with E-state index in [2.05, 4.69) is 45.8 Å². The second-order valence-corrected chi connectivity index (χ2v) is 16.4. The zero-order valence-corrected chi connectivity index (χ0v) is 23.1. The van der Waals surface area contributed by atoms with Crippen LogP contribution >= 0.6 is 0 Å². The third-order valence-electron chi connectivity index (χ3n) is 6.31. The zero-order valence-electron chi connectivity index (χ0n) is 21.3. The largest absolute Gasteiger partial charge is 0.415 e. The Bertz CT molecular complexity index is 1040. The highest BCUT2D eigenvalue weighted by Gasteiger charge is 2.41. The van der Waals surface area contributed by atoms with Gasteiger partial charge < -0.3 is 14.5 Å². The number of hydroxylamine groups is 1. The van der Waals surface area contributed by atoms with Gasteiger partial charge in [-0.15, -0.1) is 6.58 Å². The summed E-state index contributed by atoms with van der Waals surface area (Å²) in [6.07, 6.45) is 3.30. The molecule has 10 nitrogen and oxygen atoms in total. The number of para-hydroxylation sites is 1. The first-order valence-electron chi connectivity index (χ1n) is 11.3. The molecule has 1 aliphatic rings. The van der Waals surface area contributed by atoms with Crippen molar-refractivity contribution in [3.05, 3.63) is 58.7 Å². The molecule has 2 atom stereocenters. The van der Waals surface area contributed by atoms with E-state index >= 15 is 0 Å². The molecule has 0 amide bonds. The Morgan fingerprint density at radius 2 is 1.97 bits per heavy atom. The summed E-state index contributed by atoms with van der Waals surface area (Å²) < 4.78 is 39.7. The number of nitrogens with zero attached hydrogens (tertiary/aromatic N) is 2. The Morgan fingerprint density at radius 3 is 2.54 bits per heavy atom. The second kappa shape index (κ2) is 11.9. The first-order chi connectivity index (χ1) is 16.3. The summed E-state index contributed by atoms with van der Waals surface area (Å²) in [5, 5.41) is 14.9. The Morgan fingerprint density at radius 1 is 1.31 bits per heavy atom. The van der Waals surface area contributed by atoms with Crippen molar-refractivity contribution >= 4 is 24.0 Å². The number of nitro benzene ring substituents is 1. The summed E-state index contributed by atoms with van der Waals surface area (Å²) in [6.45, 7) is 15.1. The topological polar surface area (TPSA) is 120 Å². The zero-order chi connectivity index (χ0) is 26.4. The maximum Gasteiger partial charge on any atom is 0.289 e. The third-order valence-corrected chi connectivity index (χ3v) is 12.5. The normalized spacial score (nSPS) is 19.5. The molecule has 0 fully saturated rings. The van der Waals surface area contributed by atoms with Crippen LogP contribution in [-0.2, 0) is 24.0 Å². The molecule has 0 saturated heterocycles. The first kappa shape index (κ1) is 29.3. The van der Waals surface area contributed by atoms with Gasteiger partial charge in [-0.05, 0) is 29.8 Å². The second-order valence-electron chi connectivity index (χ2n) is 9.85. The van der Waals surface area contributed by atoms with Gasteiger partial charge in [-0.1, -0.05) is 49.5 Å². The van der Waals surface area contributed by atoms with Crippen molar-refractivity contribution in [3.8, 4) is 0 Å². The SMILES string of the molecule is C=CCON(C1CN[C@H](CO[Si](C)(C)C(C)(C)C)C=C1COC)S(=O)(=O)c1ccccc1[N+](=O)[O-]. The standard InChI is InChI=1S/C23H37N3O7SSi/c1-8-13-32-26(34(29,30)22-12-10-9-11-20(22)25(27)28)21-15-24-19(14-18(21)16-31-5)17-33-35(6,7)23(2,3)4/h8-12,14,19,21,24H,1,13,15-17H2,2-7H3/t19-,21?/m0/s1. The van der Waals surface area contributed by atoms with Gasteiger partial charge in [0.2, 0.25) is 0 Å². The number of nitro groups is 1. The van der Waals surface area contributed by atoms with E-state index in [9.17, 15) is 18.5 Å². The molecule has 12 heteroatoms. The van der Waals surface area contributed by atoms with E-state index in [-0.39, 0.29) is 30.8 Å². The molecule has 1 aromatic carbocycles. The van der Waals surface area contributed by atoms with Crippen molar-refractivity contribution in [1.82, 2.24) is 9.79 Å². The predicted octanol–water partition coefficient (Wildman–Crippen LogP) is 3.64. The van der Waals surface area contributed by atoms with Crippen molar-refractivity contribution in [2.24, 2.45) is 0 Å². The van der Waals surface area contributed by atoms with Gasteiger partial charge in [0.05, 0.1) is 30.8 Å². The first-order valence-corrected chi connectivity index (χ1v) is 15.7. The van der Waals surface area contributed by atoms with Crippen LogP contribution < -0.4 is 5.32 Å². The highest BCUT2D eigenvalue weighted by molar-refractivity contribution is 7.89. The molecular formula is C23H37N3O7SSi. The van der Waals surface area contributed by atoms with Gasteiger partial charge in [0.25, 0.3) is 15.7 Å². The van der Waals surface area contributed by atoms with Gasteiger partial charge in [0, 0.05) is 25.8 Å². The quantitative estimate of drug-likeness (QED) is 0.189. The van der Waals surface area contributed by atoms with E-state index in [4.69, 9.17) is 14.0 Å². The Labute approximate surface area is 209 Å². The molecule has 35 heavy (non-hydrogen) atoms. The summed E-state index contributed by atoms with van der Waals surface area (Å²) in [5.41, 5.74) is 0.141. The van der Waals surface area contributed by atoms with Crippen LogP contribution in [0, 0.1) is 10.1 Å². The lowest BCUT2D eigenvalue weighted by Crippen LogP contribution is -2.54. The minimum atomic E-state index is -4.41. The Kier molecular flexibility index (Phi) is 9.93. The van der Waals surface area contributed by atoms with Crippen molar-refractivity contribution in [2.45, 2.75) is 55.9 Å². The molecule has 0 aromatic heterocycles. The number of sulfonamides is 1. The van der Waals surface area contributed by atoms with Crippen LogP contribution in [0.3, 0.4) is 0 Å². The molecule has 2 rings (SSSR count). The van der Waals surface area contributed by atoms with Crippen LogP contribution in [0.15, 0.2) is 53.5 Å². The lowest BCUT2D eigenvalue weighted by molar-refractivity contribution is -0.387. The molecule has 1 aromatic rings. The van der Waals surface area contributed by atoms with E-state index in [0.717, 1.165) is 10.5 Å². The minimum absolute atomic E-state index is 0.0527. The predicted molar refractivity (Wildman–Crippen MR) is 137 cm³/mol. The summed E-state index contributed by atoms with van der Waals surface area (Å²) in [7, 11) is -4.87. The van der Waals surface area contributed by atoms with Crippen LogP contribution in [0.1, 0.15) is 20.8 Å². The summed E-state index contributed by atoms with van der Waals surface area (Å²) >= 11 is 0. The van der Waals surface area contributed by atoms with E-state index in [1.54, 1.807) is 0 Å². The average Bonchev–Trinajstić information content (AvgIpc) is 2.78. The van der Waals surface area contributed by atoms with Gasteiger partial charge in [-0.25, -0.2) is 8.42 Å². The van der Waals surface area contributed by atoms with Crippen molar-refractivity contribution in [3.63, 3.8) is 0 Å². The molecule has 1 unspecified atom stereocenters. The monoisotopic (exact) mass is 527 g/mol. The van der Waals surface area contributed by atoms with E-state index in [1.807, 2.05) is 6.08 Å². The van der Waals surface area contributed by atoms with E-state index < -0.39 is 39.9 Å². The molecule has 0 aliphatic carbocycles. The van der Waals surface area contributed by atoms with Crippen molar-refractivity contribution in [1.29, 1.82) is 0 Å². The van der Waals surface area contributed by atoms with E-state index in [0.29, 0.717) is 12.2 Å². The fourth-order valence-corrected chi connectivity index (χ4v) is 5.97. The van der Waals surface area contributed by atoms with Crippen LogP contribution in [0.5, 0.6) is 0 Å². The summed E-state index contributed by atoms with van der Waals surface area (Å²) in [5.74, 6) is 0. The highest BCUT2D eigenvalue weighted by atomic mass is 32.2. The number of hydrogen-bond donors (Lipinski definition) is 1. The smallest absolute Gasteiger partial charge is 0.289 e. The Balaban J connectivity index is 2.42. The summed E-state index contributed by atoms with van der Waals surface area (Å²) in [4.78, 5) is 16.0. The van der Waals surface area contributed by atoms with Crippen LogP contribution in [-0.4, -0.2) is 71.7 Å². The lowest BCUT2D eigenvalue weighted by Gasteiger charge is -2.39. The fourth-order valence-electron chi connectivity index (χ4n) is 3.34. The molecule has 0 bridgehead atoms. The average molecular weight is 528 g/mol. The maximum absolute atomic E-state index is 13.6. The molecular weight excluding hydrogens is 490 g/mol. The number of methoxy groups -OCH3 is 1. The van der Waals surface area contributed by atoms with E-state index in [1.165, 1.54) is 31.4 Å². The molecule has 1 aliphatic heterocycles. The number of benzene rings is 1. The third kappa shape index (κ3) is 7.06. The lowest BCUT2D eigenvalue weighted by atomic mass is 10.0. The molecule has 1 N–H and O–H groups in total. The number of hydrogen-bond acceptors (Lipinski definition) is 8. The van der Waals surface area contributed by atoms with Gasteiger partial charge in [0.15, 0.2) is 13.2 Å². The van der Waals surface area contributed by atoms with Crippen LogP contribution in [0.25, 0.3) is 0 Å². The molecule has 1 heterocycles.